The van der Waals surface area contributed by atoms with Gasteiger partial charge in [-0.2, -0.15) is 0 Å². The summed E-state index contributed by atoms with van der Waals surface area (Å²) in [5.41, 5.74) is 4.14. The third kappa shape index (κ3) is 7.44. The number of aromatic nitrogens is 1. The van der Waals surface area contributed by atoms with Crippen molar-refractivity contribution in [2.75, 3.05) is 20.2 Å². The maximum atomic E-state index is 13.6. The van der Waals surface area contributed by atoms with Crippen molar-refractivity contribution in [1.82, 2.24) is 14.8 Å². The van der Waals surface area contributed by atoms with E-state index in [1.807, 2.05) is 95.9 Å². The maximum Gasteiger partial charge on any atom is 0.267 e. The first-order valence-corrected chi connectivity index (χ1v) is 15.8. The fourth-order valence-corrected chi connectivity index (χ4v) is 6.24. The number of piperidine rings is 1. The smallest absolute Gasteiger partial charge is 0.267 e. The lowest BCUT2D eigenvalue weighted by Gasteiger charge is -2.26. The van der Waals surface area contributed by atoms with Crippen LogP contribution in [0.15, 0.2) is 107 Å². The Morgan fingerprint density at radius 3 is 2.47 bits per heavy atom. The van der Waals surface area contributed by atoms with E-state index in [9.17, 15) is 9.59 Å². The molecule has 0 atom stereocenters. The van der Waals surface area contributed by atoms with Crippen LogP contribution in [0.2, 0.25) is 0 Å². The molecule has 0 radical (unpaired) electrons. The molecule has 228 valence electrons. The van der Waals surface area contributed by atoms with Gasteiger partial charge in [0.25, 0.3) is 11.8 Å². The number of amidine groups is 1. The molecular weight excluding hydrogens is 584 g/mol. The number of aliphatic imine (C=N–C) groups is 1. The van der Waals surface area contributed by atoms with E-state index in [2.05, 4.69) is 4.98 Å². The van der Waals surface area contributed by atoms with Crippen LogP contribution < -0.4 is 9.47 Å². The van der Waals surface area contributed by atoms with E-state index in [0.717, 1.165) is 48.3 Å². The van der Waals surface area contributed by atoms with Crippen LogP contribution in [-0.2, 0) is 17.9 Å². The van der Waals surface area contributed by atoms with Gasteiger partial charge in [-0.25, -0.2) is 4.99 Å². The SMILES string of the molecule is COc1cc(/C=C2\SC(=Nc3ccccc3)N(Cc3cccnc3)C2=O)ccc1OCc1ccc(C(=O)N2CCCCC2)cc1. The average Bonchev–Trinajstić information content (AvgIpc) is 3.37. The number of rotatable bonds is 9. The fourth-order valence-electron chi connectivity index (χ4n) is 5.25. The lowest BCUT2D eigenvalue weighted by Crippen LogP contribution is -2.35. The summed E-state index contributed by atoms with van der Waals surface area (Å²) in [6.45, 7) is 2.35. The highest BCUT2D eigenvalue weighted by atomic mass is 32.2. The van der Waals surface area contributed by atoms with Crippen LogP contribution >= 0.6 is 11.8 Å². The lowest BCUT2D eigenvalue weighted by atomic mass is 10.1. The summed E-state index contributed by atoms with van der Waals surface area (Å²) in [5.74, 6) is 1.11. The molecule has 4 aromatic rings. The number of para-hydroxylation sites is 1. The van der Waals surface area contributed by atoms with Gasteiger partial charge in [-0.1, -0.05) is 42.5 Å². The molecule has 0 bridgehead atoms. The molecule has 0 spiro atoms. The van der Waals surface area contributed by atoms with Crippen molar-refractivity contribution >= 4 is 40.5 Å². The molecule has 2 amide bonds. The molecule has 3 heterocycles. The Balaban J connectivity index is 1.16. The van der Waals surface area contributed by atoms with E-state index >= 15 is 0 Å². The minimum Gasteiger partial charge on any atom is -0.493 e. The number of likely N-dealkylation sites (tertiary alicyclic amines) is 1. The molecule has 6 rings (SSSR count). The van der Waals surface area contributed by atoms with Crippen molar-refractivity contribution in [3.05, 3.63) is 124 Å². The van der Waals surface area contributed by atoms with Crippen molar-refractivity contribution in [2.24, 2.45) is 4.99 Å². The van der Waals surface area contributed by atoms with E-state index in [1.165, 1.54) is 18.2 Å². The van der Waals surface area contributed by atoms with Crippen molar-refractivity contribution < 1.29 is 19.1 Å². The number of hydrogen-bond donors (Lipinski definition) is 0. The summed E-state index contributed by atoms with van der Waals surface area (Å²) in [6, 6.07) is 26.6. The molecule has 0 N–H and O–H groups in total. The van der Waals surface area contributed by atoms with Crippen molar-refractivity contribution in [1.29, 1.82) is 0 Å². The molecular formula is C36H34N4O4S. The van der Waals surface area contributed by atoms with Crippen LogP contribution in [-0.4, -0.2) is 52.0 Å². The number of hydrogen-bond acceptors (Lipinski definition) is 7. The monoisotopic (exact) mass is 618 g/mol. The minimum absolute atomic E-state index is 0.0890. The molecule has 2 aliphatic rings. The van der Waals surface area contributed by atoms with Crippen molar-refractivity contribution in [3.63, 3.8) is 0 Å². The molecule has 2 saturated heterocycles. The summed E-state index contributed by atoms with van der Waals surface area (Å²) in [7, 11) is 1.59. The zero-order valence-corrected chi connectivity index (χ0v) is 25.9. The quantitative estimate of drug-likeness (QED) is 0.186. The topological polar surface area (TPSA) is 84.3 Å². The number of methoxy groups -OCH3 is 1. The number of carbonyl (C=O) groups excluding carboxylic acids is 2. The van der Waals surface area contributed by atoms with E-state index in [1.54, 1.807) is 24.4 Å². The molecule has 2 aliphatic heterocycles. The van der Waals surface area contributed by atoms with Crippen LogP contribution in [0.1, 0.15) is 46.3 Å². The molecule has 2 fully saturated rings. The average molecular weight is 619 g/mol. The van der Waals surface area contributed by atoms with E-state index in [4.69, 9.17) is 14.5 Å². The van der Waals surface area contributed by atoms with Gasteiger partial charge in [0.2, 0.25) is 0 Å². The first-order valence-electron chi connectivity index (χ1n) is 15.0. The van der Waals surface area contributed by atoms with Gasteiger partial charge in [0, 0.05) is 31.0 Å². The molecule has 1 aromatic heterocycles. The Morgan fingerprint density at radius 2 is 1.73 bits per heavy atom. The standard InChI is InChI=1S/C36H34N4O4S/c1-43-32-21-27(14-17-31(32)44-25-26-12-15-29(16-13-26)34(41)39-19-6-3-7-20-39)22-33-35(42)40(24-28-9-8-18-37-23-28)36(45-33)38-30-10-4-2-5-11-30/h2,4-5,8-18,21-23H,3,6-7,19-20,24-25H2,1H3/b33-22-,38-36?. The highest BCUT2D eigenvalue weighted by Gasteiger charge is 2.33. The number of thioether (sulfide) groups is 1. The van der Waals surface area contributed by atoms with Gasteiger partial charge in [-0.3, -0.25) is 19.5 Å². The number of carbonyl (C=O) groups is 2. The second kappa shape index (κ2) is 14.3. The molecule has 0 unspecified atom stereocenters. The summed E-state index contributed by atoms with van der Waals surface area (Å²) >= 11 is 1.34. The van der Waals surface area contributed by atoms with Gasteiger partial charge in [-0.05, 0) is 96.3 Å². The maximum absolute atomic E-state index is 13.6. The second-order valence-corrected chi connectivity index (χ2v) is 11.9. The molecule has 45 heavy (non-hydrogen) atoms. The normalized spacial score (nSPS) is 16.8. The molecule has 0 saturated carbocycles. The Hall–Kier alpha value is -4.89. The van der Waals surface area contributed by atoms with Gasteiger partial charge in [0.1, 0.15) is 6.61 Å². The Kier molecular flexibility index (Phi) is 9.56. The van der Waals surface area contributed by atoms with E-state index < -0.39 is 0 Å². The second-order valence-electron chi connectivity index (χ2n) is 10.8. The molecule has 0 aliphatic carbocycles. The zero-order chi connectivity index (χ0) is 31.0. The Labute approximate surface area is 267 Å². The van der Waals surface area contributed by atoms with Gasteiger partial charge >= 0.3 is 0 Å². The first-order chi connectivity index (χ1) is 22.1. The van der Waals surface area contributed by atoms with Crippen LogP contribution in [0.25, 0.3) is 6.08 Å². The highest BCUT2D eigenvalue weighted by Crippen LogP contribution is 2.37. The van der Waals surface area contributed by atoms with Crippen LogP contribution in [0, 0.1) is 0 Å². The predicted octanol–water partition coefficient (Wildman–Crippen LogP) is 7.10. The molecule has 3 aromatic carbocycles. The first kappa shape index (κ1) is 30.1. The van der Waals surface area contributed by atoms with Crippen LogP contribution in [0.5, 0.6) is 11.5 Å². The number of nitrogens with zero attached hydrogens (tertiary/aromatic N) is 4. The van der Waals surface area contributed by atoms with Gasteiger partial charge < -0.3 is 14.4 Å². The predicted molar refractivity (Wildman–Crippen MR) is 177 cm³/mol. The van der Waals surface area contributed by atoms with Crippen LogP contribution in [0.4, 0.5) is 5.69 Å². The summed E-state index contributed by atoms with van der Waals surface area (Å²) in [6.07, 6.45) is 8.64. The summed E-state index contributed by atoms with van der Waals surface area (Å²) in [4.78, 5) is 39.5. The van der Waals surface area contributed by atoms with E-state index in [0.29, 0.717) is 40.3 Å². The largest absolute Gasteiger partial charge is 0.493 e. The van der Waals surface area contributed by atoms with Gasteiger partial charge in [-0.15, -0.1) is 0 Å². The van der Waals surface area contributed by atoms with Crippen molar-refractivity contribution in [2.45, 2.75) is 32.4 Å². The minimum atomic E-state index is -0.125. The Morgan fingerprint density at radius 1 is 0.933 bits per heavy atom. The number of benzene rings is 3. The van der Waals surface area contributed by atoms with Gasteiger partial charge in [0.05, 0.1) is 24.2 Å². The summed E-state index contributed by atoms with van der Waals surface area (Å²) < 4.78 is 11.7. The van der Waals surface area contributed by atoms with Crippen LogP contribution in [0.3, 0.4) is 0 Å². The number of ether oxygens (including phenoxy) is 2. The fraction of sp³-hybridized carbons (Fsp3) is 0.222. The van der Waals surface area contributed by atoms with Crippen molar-refractivity contribution in [3.8, 4) is 11.5 Å². The Bertz CT molecular complexity index is 1700. The third-order valence-electron chi connectivity index (χ3n) is 7.66. The molecule has 8 nitrogen and oxygen atoms in total. The highest BCUT2D eigenvalue weighted by molar-refractivity contribution is 8.18. The lowest BCUT2D eigenvalue weighted by molar-refractivity contribution is -0.122. The summed E-state index contributed by atoms with van der Waals surface area (Å²) in [5, 5.41) is 0.608. The third-order valence-corrected chi connectivity index (χ3v) is 8.66. The molecule has 9 heteroatoms. The van der Waals surface area contributed by atoms with Gasteiger partial charge in [0.15, 0.2) is 16.7 Å². The number of pyridine rings is 1. The zero-order valence-electron chi connectivity index (χ0n) is 25.1. The van der Waals surface area contributed by atoms with E-state index in [-0.39, 0.29) is 11.8 Å². The number of amides is 2.